The molecule has 0 atom stereocenters. The Hall–Kier alpha value is -1.46. The first-order valence-corrected chi connectivity index (χ1v) is 2.68. The molecule has 1 rings (SSSR count). The highest BCUT2D eigenvalue weighted by Gasteiger charge is 2.06. The molecule has 0 saturated carbocycles. The first kappa shape index (κ1) is 7.64. The zero-order valence-electron chi connectivity index (χ0n) is 5.25. The molecule has 0 bridgehead atoms. The number of halogens is 2. The van der Waals surface area contributed by atoms with E-state index in [-0.39, 0.29) is 0 Å². The predicted molar refractivity (Wildman–Crippen MR) is 31.5 cm³/mol. The summed E-state index contributed by atoms with van der Waals surface area (Å²) in [5, 5.41) is 5.23. The Balaban J connectivity index is 2.87. The van der Waals surface area contributed by atoms with Crippen molar-refractivity contribution in [3.05, 3.63) is 22.6 Å². The fraction of sp³-hybridized carbons (Fsp3) is 0.200. The van der Waals surface area contributed by atoms with Gasteiger partial charge in [0.05, 0.1) is 6.20 Å². The lowest BCUT2D eigenvalue weighted by atomic mass is 10.5. The molecule has 1 aromatic heterocycles. The topological polar surface area (TPSA) is 55.0 Å². The third kappa shape index (κ3) is 1.99. The van der Waals surface area contributed by atoms with Gasteiger partial charge in [-0.2, -0.15) is 13.9 Å². The Morgan fingerprint density at radius 2 is 2.36 bits per heavy atom. The van der Waals surface area contributed by atoms with Gasteiger partial charge in [-0.25, -0.2) is 5.10 Å². The number of alkyl halides is 2. The number of ether oxygens (including phenoxy) is 1. The molecule has 1 heterocycles. The Labute approximate surface area is 59.8 Å². The van der Waals surface area contributed by atoms with Gasteiger partial charge in [0.25, 0.3) is 0 Å². The summed E-state index contributed by atoms with van der Waals surface area (Å²) in [6.45, 7) is -2.99. The van der Waals surface area contributed by atoms with Crippen LogP contribution in [0.15, 0.2) is 17.1 Å². The predicted octanol–water partition coefficient (Wildman–Crippen LogP) is 0.371. The summed E-state index contributed by atoms with van der Waals surface area (Å²) >= 11 is 0. The zero-order chi connectivity index (χ0) is 8.27. The summed E-state index contributed by atoms with van der Waals surface area (Å²) in [4.78, 5) is 10.6. The SMILES string of the molecule is O=c1[nH]nccc1OC(F)F. The lowest BCUT2D eigenvalue weighted by molar-refractivity contribution is -0.0509. The number of nitrogens with one attached hydrogen (secondary N) is 1. The number of hydrogen-bond acceptors (Lipinski definition) is 3. The van der Waals surface area contributed by atoms with Crippen molar-refractivity contribution in [3.63, 3.8) is 0 Å². The maximum atomic E-state index is 11.5. The van der Waals surface area contributed by atoms with E-state index >= 15 is 0 Å². The highest BCUT2D eigenvalue weighted by atomic mass is 19.3. The second-order valence-electron chi connectivity index (χ2n) is 1.63. The Bertz CT molecular complexity index is 286. The van der Waals surface area contributed by atoms with E-state index in [1.54, 1.807) is 0 Å². The summed E-state index contributed by atoms with van der Waals surface area (Å²) in [5.74, 6) is -0.435. The van der Waals surface area contributed by atoms with Crippen LogP contribution in [0.25, 0.3) is 0 Å². The molecule has 0 aromatic carbocycles. The number of hydrogen-bond donors (Lipinski definition) is 1. The van der Waals surface area contributed by atoms with Crippen molar-refractivity contribution in [2.24, 2.45) is 0 Å². The molecular formula is C5H4F2N2O2. The van der Waals surface area contributed by atoms with Gasteiger partial charge in [0, 0.05) is 6.07 Å². The summed E-state index contributed by atoms with van der Waals surface area (Å²) in [6.07, 6.45) is 1.15. The minimum absolute atomic E-state index is 0.435. The number of H-pyrrole nitrogens is 1. The van der Waals surface area contributed by atoms with Crippen molar-refractivity contribution in [2.75, 3.05) is 0 Å². The molecule has 0 unspecified atom stereocenters. The van der Waals surface area contributed by atoms with Crippen LogP contribution in [0.3, 0.4) is 0 Å². The summed E-state index contributed by atoms with van der Waals surface area (Å²) in [7, 11) is 0. The van der Waals surface area contributed by atoms with Gasteiger partial charge in [0.1, 0.15) is 0 Å². The molecule has 1 aromatic rings. The molecule has 0 fully saturated rings. The second-order valence-corrected chi connectivity index (χ2v) is 1.63. The molecular weight excluding hydrogens is 158 g/mol. The first-order chi connectivity index (χ1) is 5.20. The van der Waals surface area contributed by atoms with Gasteiger partial charge in [-0.05, 0) is 0 Å². The van der Waals surface area contributed by atoms with E-state index in [2.05, 4.69) is 9.84 Å². The van der Waals surface area contributed by atoms with Gasteiger partial charge < -0.3 is 4.74 Å². The van der Waals surface area contributed by atoms with Crippen molar-refractivity contribution in [3.8, 4) is 5.75 Å². The van der Waals surface area contributed by atoms with Gasteiger partial charge in [-0.15, -0.1) is 0 Å². The van der Waals surface area contributed by atoms with Crippen LogP contribution in [0.5, 0.6) is 5.75 Å². The molecule has 0 spiro atoms. The van der Waals surface area contributed by atoms with Crippen molar-refractivity contribution < 1.29 is 13.5 Å². The van der Waals surface area contributed by atoms with E-state index in [0.29, 0.717) is 0 Å². The molecule has 0 amide bonds. The minimum Gasteiger partial charge on any atom is -0.429 e. The van der Waals surface area contributed by atoms with E-state index in [9.17, 15) is 13.6 Å². The maximum absolute atomic E-state index is 11.5. The molecule has 11 heavy (non-hydrogen) atoms. The first-order valence-electron chi connectivity index (χ1n) is 2.68. The van der Waals surface area contributed by atoms with Crippen LogP contribution < -0.4 is 10.3 Å². The van der Waals surface area contributed by atoms with Gasteiger partial charge >= 0.3 is 12.2 Å². The smallest absolute Gasteiger partial charge is 0.387 e. The van der Waals surface area contributed by atoms with Crippen molar-refractivity contribution in [1.82, 2.24) is 10.2 Å². The summed E-state index contributed by atoms with van der Waals surface area (Å²) in [6, 6.07) is 1.06. The van der Waals surface area contributed by atoms with E-state index in [4.69, 9.17) is 0 Å². The normalized spacial score (nSPS) is 10.1. The van der Waals surface area contributed by atoms with Crippen LogP contribution in [-0.2, 0) is 0 Å². The molecule has 6 heteroatoms. The van der Waals surface area contributed by atoms with Crippen LogP contribution in [0.4, 0.5) is 8.78 Å². The van der Waals surface area contributed by atoms with E-state index in [0.717, 1.165) is 12.3 Å². The molecule has 4 nitrogen and oxygen atoms in total. The largest absolute Gasteiger partial charge is 0.429 e. The third-order valence-corrected chi connectivity index (χ3v) is 0.906. The standard InChI is InChI=1S/C5H4F2N2O2/c6-5(7)11-3-1-2-8-9-4(3)10/h1-2,5H,(H,9,10). The number of aromatic amines is 1. The minimum atomic E-state index is -2.99. The average molecular weight is 162 g/mol. The van der Waals surface area contributed by atoms with Crippen molar-refractivity contribution >= 4 is 0 Å². The van der Waals surface area contributed by atoms with E-state index in [1.165, 1.54) is 0 Å². The number of nitrogens with zero attached hydrogens (tertiary/aromatic N) is 1. The maximum Gasteiger partial charge on any atom is 0.387 e. The van der Waals surface area contributed by atoms with Crippen molar-refractivity contribution in [2.45, 2.75) is 6.61 Å². The molecule has 0 radical (unpaired) electrons. The lowest BCUT2D eigenvalue weighted by Crippen LogP contribution is -2.14. The molecule has 0 aliphatic rings. The van der Waals surface area contributed by atoms with Gasteiger partial charge in [-0.3, -0.25) is 4.79 Å². The van der Waals surface area contributed by atoms with Crippen LogP contribution in [-0.4, -0.2) is 16.8 Å². The fourth-order valence-electron chi connectivity index (χ4n) is 0.520. The van der Waals surface area contributed by atoms with Crippen LogP contribution in [0, 0.1) is 0 Å². The van der Waals surface area contributed by atoms with E-state index in [1.807, 2.05) is 5.10 Å². The molecule has 60 valence electrons. The fourth-order valence-corrected chi connectivity index (χ4v) is 0.520. The summed E-state index contributed by atoms with van der Waals surface area (Å²) < 4.78 is 26.8. The Morgan fingerprint density at radius 1 is 1.64 bits per heavy atom. The zero-order valence-corrected chi connectivity index (χ0v) is 5.25. The Morgan fingerprint density at radius 3 is 2.91 bits per heavy atom. The second kappa shape index (κ2) is 3.09. The molecule has 0 aliphatic carbocycles. The quantitative estimate of drug-likeness (QED) is 0.683. The molecule has 0 aliphatic heterocycles. The van der Waals surface area contributed by atoms with Crippen LogP contribution in [0.2, 0.25) is 0 Å². The monoisotopic (exact) mass is 162 g/mol. The van der Waals surface area contributed by atoms with Gasteiger partial charge in [0.2, 0.25) is 0 Å². The van der Waals surface area contributed by atoms with Crippen LogP contribution >= 0.6 is 0 Å². The average Bonchev–Trinajstić information content (AvgIpc) is 1.93. The summed E-state index contributed by atoms with van der Waals surface area (Å²) in [5.41, 5.74) is -0.771. The third-order valence-electron chi connectivity index (χ3n) is 0.906. The van der Waals surface area contributed by atoms with Gasteiger partial charge in [-0.1, -0.05) is 0 Å². The number of aromatic nitrogens is 2. The number of rotatable bonds is 2. The van der Waals surface area contributed by atoms with Gasteiger partial charge in [0.15, 0.2) is 5.75 Å². The van der Waals surface area contributed by atoms with Crippen LogP contribution in [0.1, 0.15) is 0 Å². The van der Waals surface area contributed by atoms with Crippen molar-refractivity contribution in [1.29, 1.82) is 0 Å². The Kier molecular flexibility index (Phi) is 2.15. The lowest BCUT2D eigenvalue weighted by Gasteiger charge is -2.00. The highest BCUT2D eigenvalue weighted by Crippen LogP contribution is 2.03. The van der Waals surface area contributed by atoms with E-state index < -0.39 is 17.9 Å². The molecule has 1 N–H and O–H groups in total. The highest BCUT2D eigenvalue weighted by molar-refractivity contribution is 5.12. The molecule has 0 saturated heterocycles.